The molecule has 0 bridgehead atoms. The van der Waals surface area contributed by atoms with Crippen molar-refractivity contribution in [1.29, 1.82) is 0 Å². The number of nitrogens with zero attached hydrogens (tertiary/aromatic N) is 2. The molecule has 1 aromatic carbocycles. The Hall–Kier alpha value is -2.79. The van der Waals surface area contributed by atoms with Gasteiger partial charge in [-0.1, -0.05) is 18.2 Å². The van der Waals surface area contributed by atoms with Crippen LogP contribution < -0.4 is 0 Å². The molecule has 2 aliphatic rings. The summed E-state index contributed by atoms with van der Waals surface area (Å²) in [6, 6.07) is 8.80. The van der Waals surface area contributed by atoms with Gasteiger partial charge in [0.2, 0.25) is 11.4 Å². The van der Waals surface area contributed by atoms with E-state index in [2.05, 4.69) is 0 Å². The zero-order chi connectivity index (χ0) is 22.9. The summed E-state index contributed by atoms with van der Waals surface area (Å²) in [7, 11) is 0. The van der Waals surface area contributed by atoms with E-state index < -0.39 is 40.4 Å². The van der Waals surface area contributed by atoms with E-state index in [1.54, 1.807) is 30.3 Å². The summed E-state index contributed by atoms with van der Waals surface area (Å²) < 4.78 is 6.06. The van der Waals surface area contributed by atoms with Gasteiger partial charge in [0.1, 0.15) is 17.7 Å². The van der Waals surface area contributed by atoms with E-state index >= 15 is 0 Å². The molecular formula is C20H20N2O7S2. The number of carbonyl (C=O) groups is 5. The number of carboxylic acid groups (broad SMARTS) is 1. The summed E-state index contributed by atoms with van der Waals surface area (Å²) in [4.78, 5) is 63.5. The van der Waals surface area contributed by atoms with Crippen LogP contribution in [0.5, 0.6) is 0 Å². The Morgan fingerprint density at radius 3 is 2.39 bits per heavy atom. The Balaban J connectivity index is 2.03. The van der Waals surface area contributed by atoms with Crippen LogP contribution in [0.1, 0.15) is 20.8 Å². The topological polar surface area (TPSA) is 121 Å². The van der Waals surface area contributed by atoms with E-state index in [4.69, 9.17) is 4.74 Å². The van der Waals surface area contributed by atoms with E-state index in [1.807, 2.05) is 0 Å². The maximum Gasteiger partial charge on any atom is 0.352 e. The summed E-state index contributed by atoms with van der Waals surface area (Å²) in [6.45, 7) is 3.39. The number of hydrogen-bond donors (Lipinski definition) is 1. The van der Waals surface area contributed by atoms with E-state index in [0.717, 1.165) is 32.9 Å². The highest BCUT2D eigenvalue weighted by Gasteiger charge is 2.71. The minimum Gasteiger partial charge on any atom is -0.477 e. The number of hydrogen-bond acceptors (Lipinski definition) is 8. The van der Waals surface area contributed by atoms with Gasteiger partial charge in [-0.3, -0.25) is 28.4 Å². The van der Waals surface area contributed by atoms with Crippen LogP contribution in [0.15, 0.2) is 46.5 Å². The number of esters is 1. The van der Waals surface area contributed by atoms with E-state index in [9.17, 15) is 29.1 Å². The average Bonchev–Trinajstić information content (AvgIpc) is 2.71. The van der Waals surface area contributed by atoms with Gasteiger partial charge in [-0.2, -0.15) is 0 Å². The van der Waals surface area contributed by atoms with Gasteiger partial charge in [-0.25, -0.2) is 4.79 Å². The summed E-state index contributed by atoms with van der Waals surface area (Å²) in [6.07, 6.45) is 0. The van der Waals surface area contributed by atoms with Crippen molar-refractivity contribution in [1.82, 2.24) is 9.21 Å². The number of aliphatic carboxylic acids is 1. The van der Waals surface area contributed by atoms with Crippen LogP contribution in [-0.2, 0) is 28.7 Å². The molecule has 2 aliphatic heterocycles. The number of benzene rings is 1. The molecule has 2 atom stereocenters. The van der Waals surface area contributed by atoms with Crippen molar-refractivity contribution in [3.63, 3.8) is 0 Å². The Morgan fingerprint density at radius 2 is 1.87 bits per heavy atom. The molecule has 164 valence electrons. The second-order valence-corrected chi connectivity index (χ2v) is 9.00. The first-order valence-electron chi connectivity index (χ1n) is 9.21. The number of thioether (sulfide) groups is 1. The fourth-order valence-electron chi connectivity index (χ4n) is 3.53. The van der Waals surface area contributed by atoms with Gasteiger partial charge in [-0.15, -0.1) is 11.8 Å². The molecule has 11 heteroatoms. The van der Waals surface area contributed by atoms with E-state index in [-0.39, 0.29) is 23.6 Å². The lowest BCUT2D eigenvalue weighted by Gasteiger charge is -2.58. The van der Waals surface area contributed by atoms with Crippen LogP contribution in [0.2, 0.25) is 0 Å². The third-order valence-electron chi connectivity index (χ3n) is 4.86. The molecule has 2 amide bonds. The highest BCUT2D eigenvalue weighted by molar-refractivity contribution is 8.00. The Labute approximate surface area is 186 Å². The number of ketones is 1. The van der Waals surface area contributed by atoms with Crippen LogP contribution in [0.3, 0.4) is 0 Å². The summed E-state index contributed by atoms with van der Waals surface area (Å²) >= 11 is 2.12. The SMILES string of the molecule is CC(=O)OCC1=C(C(=O)O)N2C(=O)[C@](C(C)=O)(N(Sc3ccccc3)C(C)=O)[C@H]2SC1. The number of rotatable bonds is 7. The van der Waals surface area contributed by atoms with E-state index in [0.29, 0.717) is 4.90 Å². The normalized spacial score (nSPS) is 22.4. The molecule has 1 N–H and O–H groups in total. The van der Waals surface area contributed by atoms with Gasteiger partial charge < -0.3 is 9.84 Å². The zero-order valence-electron chi connectivity index (χ0n) is 17.0. The first-order valence-corrected chi connectivity index (χ1v) is 11.0. The van der Waals surface area contributed by atoms with Gasteiger partial charge in [0.25, 0.3) is 5.91 Å². The number of fused-ring (bicyclic) bond motifs is 1. The molecule has 2 heterocycles. The molecule has 0 unspecified atom stereocenters. The second kappa shape index (κ2) is 8.75. The molecule has 1 saturated heterocycles. The van der Waals surface area contributed by atoms with Crippen molar-refractivity contribution in [2.45, 2.75) is 36.6 Å². The molecule has 9 nitrogen and oxygen atoms in total. The summed E-state index contributed by atoms with van der Waals surface area (Å²) in [5.74, 6) is -3.70. The van der Waals surface area contributed by atoms with Gasteiger partial charge in [0, 0.05) is 30.1 Å². The predicted molar refractivity (Wildman–Crippen MR) is 113 cm³/mol. The number of Topliss-reactive ketones (excluding diaryl/α,β-unsaturated/α-hetero) is 1. The highest BCUT2D eigenvalue weighted by atomic mass is 32.2. The number of ether oxygens (including phenoxy) is 1. The van der Waals surface area contributed by atoms with Crippen LogP contribution in [0.4, 0.5) is 0 Å². The van der Waals surface area contributed by atoms with Crippen molar-refractivity contribution in [3.8, 4) is 0 Å². The molecule has 3 rings (SSSR count). The molecule has 0 radical (unpaired) electrons. The third kappa shape index (κ3) is 3.83. The Bertz CT molecular complexity index is 995. The predicted octanol–water partition coefficient (Wildman–Crippen LogP) is 1.69. The smallest absolute Gasteiger partial charge is 0.352 e. The van der Waals surface area contributed by atoms with Gasteiger partial charge in [0.05, 0.1) is 0 Å². The van der Waals surface area contributed by atoms with Crippen molar-refractivity contribution in [2.24, 2.45) is 0 Å². The number of carbonyl (C=O) groups excluding carboxylic acids is 4. The molecular weight excluding hydrogens is 444 g/mol. The second-order valence-electron chi connectivity index (χ2n) is 6.92. The standard InChI is InChI=1S/C20H20N2O7S2/c1-11(23)20(22(12(2)24)31-15-7-5-4-6-8-15)18(28)21-16(17(26)27)14(9-29-13(3)25)10-30-19(20)21/h4-8,19H,9-10H2,1-3H3,(H,26,27)/t19-,20+/m1/s1. The third-order valence-corrected chi connectivity index (χ3v) is 7.46. The fourth-order valence-corrected chi connectivity index (χ4v) is 6.21. The lowest BCUT2D eigenvalue weighted by Crippen LogP contribution is -2.81. The Kier molecular flexibility index (Phi) is 6.46. The number of carboxylic acids is 1. The minimum absolute atomic E-state index is 0.125. The molecule has 0 aromatic heterocycles. The largest absolute Gasteiger partial charge is 0.477 e. The fraction of sp³-hybridized carbons (Fsp3) is 0.350. The molecule has 31 heavy (non-hydrogen) atoms. The zero-order valence-corrected chi connectivity index (χ0v) is 18.6. The van der Waals surface area contributed by atoms with Crippen LogP contribution in [0.25, 0.3) is 0 Å². The van der Waals surface area contributed by atoms with E-state index in [1.165, 1.54) is 20.8 Å². The Morgan fingerprint density at radius 1 is 1.23 bits per heavy atom. The average molecular weight is 465 g/mol. The lowest BCUT2D eigenvalue weighted by molar-refractivity contribution is -0.170. The summed E-state index contributed by atoms with van der Waals surface area (Å²) in [5.41, 5.74) is -1.91. The van der Waals surface area contributed by atoms with Crippen molar-refractivity contribution >= 4 is 53.2 Å². The maximum absolute atomic E-state index is 13.4. The molecule has 1 aromatic rings. The molecule has 0 saturated carbocycles. The summed E-state index contributed by atoms with van der Waals surface area (Å²) in [5, 5.41) is 8.82. The highest BCUT2D eigenvalue weighted by Crippen LogP contribution is 2.52. The van der Waals surface area contributed by atoms with Crippen molar-refractivity contribution in [2.75, 3.05) is 12.4 Å². The maximum atomic E-state index is 13.4. The monoisotopic (exact) mass is 464 g/mol. The lowest BCUT2D eigenvalue weighted by atomic mass is 9.82. The van der Waals surface area contributed by atoms with Crippen LogP contribution >= 0.6 is 23.7 Å². The number of β-lactam (4-membered cyclic amide) rings is 1. The first-order chi connectivity index (χ1) is 14.6. The molecule has 1 fully saturated rings. The molecule has 0 aliphatic carbocycles. The van der Waals surface area contributed by atoms with Gasteiger partial charge >= 0.3 is 11.9 Å². The quantitative estimate of drug-likeness (QED) is 0.278. The van der Waals surface area contributed by atoms with Crippen LogP contribution in [-0.4, -0.2) is 67.1 Å². The number of amides is 2. The van der Waals surface area contributed by atoms with Crippen molar-refractivity contribution < 1.29 is 33.8 Å². The van der Waals surface area contributed by atoms with Gasteiger partial charge in [-0.05, 0) is 31.0 Å². The minimum atomic E-state index is -1.84. The molecule has 0 spiro atoms. The van der Waals surface area contributed by atoms with Crippen LogP contribution in [0, 0.1) is 0 Å². The first kappa shape index (κ1) is 22.9. The van der Waals surface area contributed by atoms with Crippen molar-refractivity contribution in [3.05, 3.63) is 41.6 Å². The van der Waals surface area contributed by atoms with Gasteiger partial charge in [0.15, 0.2) is 5.78 Å².